The Balaban J connectivity index is 1.46. The quantitative estimate of drug-likeness (QED) is 0.656. The van der Waals surface area contributed by atoms with Gasteiger partial charge in [0, 0.05) is 10.5 Å². The number of rotatable bonds is 4. The predicted octanol–water partition coefficient (Wildman–Crippen LogP) is 4.66. The highest BCUT2D eigenvalue weighted by Gasteiger charge is 2.20. The molecule has 1 aliphatic heterocycles. The fourth-order valence-electron chi connectivity index (χ4n) is 2.62. The van der Waals surface area contributed by atoms with E-state index in [1.54, 1.807) is 30.3 Å². The van der Waals surface area contributed by atoms with Gasteiger partial charge in [0.2, 0.25) is 5.88 Å². The van der Waals surface area contributed by atoms with Crippen molar-refractivity contribution < 1.29 is 19.0 Å². The van der Waals surface area contributed by atoms with Crippen LogP contribution in [-0.2, 0) is 0 Å². The number of fused-ring (bicyclic) bond motifs is 1. The van der Waals surface area contributed by atoms with Crippen LogP contribution in [-0.4, -0.2) is 24.1 Å². The normalized spacial score (nSPS) is 12.3. The summed E-state index contributed by atoms with van der Waals surface area (Å²) >= 11 is 3.40. The maximum absolute atomic E-state index is 12.6. The van der Waals surface area contributed by atoms with Crippen molar-refractivity contribution in [2.24, 2.45) is 0 Å². The number of para-hydroxylation sites is 1. The van der Waals surface area contributed by atoms with E-state index in [0.29, 0.717) is 47.6 Å². The van der Waals surface area contributed by atoms with Crippen LogP contribution in [0, 0.1) is 0 Å². The van der Waals surface area contributed by atoms with Crippen LogP contribution < -0.4 is 19.5 Å². The van der Waals surface area contributed by atoms with E-state index >= 15 is 0 Å². The van der Waals surface area contributed by atoms with Crippen molar-refractivity contribution in [3.05, 3.63) is 70.8 Å². The molecule has 0 bridgehead atoms. The van der Waals surface area contributed by atoms with E-state index in [2.05, 4.69) is 26.2 Å². The molecule has 2 heterocycles. The lowest BCUT2D eigenvalue weighted by molar-refractivity contribution is 0.101. The molecule has 2 aromatic carbocycles. The van der Waals surface area contributed by atoms with Crippen molar-refractivity contribution in [1.29, 1.82) is 0 Å². The van der Waals surface area contributed by atoms with Crippen LogP contribution in [0.15, 0.2) is 65.3 Å². The van der Waals surface area contributed by atoms with Gasteiger partial charge in [0.15, 0.2) is 11.5 Å². The first-order valence-electron chi connectivity index (χ1n) is 8.28. The molecule has 3 aromatic rings. The average Bonchev–Trinajstić information content (AvgIpc) is 2.69. The number of hydrogen-bond donors (Lipinski definition) is 1. The van der Waals surface area contributed by atoms with Crippen LogP contribution in [0.3, 0.4) is 0 Å². The van der Waals surface area contributed by atoms with Gasteiger partial charge in [-0.15, -0.1) is 0 Å². The zero-order valence-corrected chi connectivity index (χ0v) is 15.7. The summed E-state index contributed by atoms with van der Waals surface area (Å²) in [5, 5.41) is 2.81. The first-order chi connectivity index (χ1) is 13.2. The number of hydrogen-bond acceptors (Lipinski definition) is 5. The van der Waals surface area contributed by atoms with Gasteiger partial charge in [-0.2, -0.15) is 0 Å². The first kappa shape index (κ1) is 17.4. The molecule has 0 saturated heterocycles. The Labute approximate surface area is 164 Å². The summed E-state index contributed by atoms with van der Waals surface area (Å²) in [7, 11) is 0. The topological polar surface area (TPSA) is 69.7 Å². The molecule has 6 nitrogen and oxygen atoms in total. The molecule has 0 unspecified atom stereocenters. The summed E-state index contributed by atoms with van der Waals surface area (Å²) in [6.45, 7) is 0.891. The maximum atomic E-state index is 12.6. The fourth-order valence-corrected chi connectivity index (χ4v) is 3.00. The number of carbonyl (C=O) groups is 1. The molecule has 136 valence electrons. The predicted molar refractivity (Wildman–Crippen MR) is 104 cm³/mol. The second kappa shape index (κ2) is 7.67. The summed E-state index contributed by atoms with van der Waals surface area (Å²) in [5.41, 5.74) is 0.970. The largest absolute Gasteiger partial charge is 0.486 e. The Morgan fingerprint density at radius 3 is 2.74 bits per heavy atom. The van der Waals surface area contributed by atoms with Gasteiger partial charge < -0.3 is 19.5 Å². The standard InChI is InChI=1S/C20H15BrN2O4/c21-13-3-1-4-15(11-13)27-18-8-7-14(12-22-18)23-20(24)16-5-2-6-17-19(16)26-10-9-25-17/h1-8,11-12H,9-10H2,(H,23,24). The zero-order valence-electron chi connectivity index (χ0n) is 14.1. The summed E-state index contributed by atoms with van der Waals surface area (Å²) in [5.74, 6) is 1.84. The number of halogens is 1. The Hall–Kier alpha value is -3.06. The Bertz CT molecular complexity index is 976. The second-order valence-electron chi connectivity index (χ2n) is 5.73. The summed E-state index contributed by atoms with van der Waals surface area (Å²) in [4.78, 5) is 16.8. The molecule has 0 aliphatic carbocycles. The number of pyridine rings is 1. The van der Waals surface area contributed by atoms with Crippen LogP contribution >= 0.6 is 15.9 Å². The van der Waals surface area contributed by atoms with Gasteiger partial charge in [0.05, 0.1) is 17.4 Å². The van der Waals surface area contributed by atoms with Gasteiger partial charge in [0.1, 0.15) is 19.0 Å². The molecule has 0 atom stereocenters. The Morgan fingerprint density at radius 1 is 1.07 bits per heavy atom. The lowest BCUT2D eigenvalue weighted by atomic mass is 10.1. The SMILES string of the molecule is O=C(Nc1ccc(Oc2cccc(Br)c2)nc1)c1cccc2c1OCCO2. The van der Waals surface area contributed by atoms with Crippen LogP contribution in [0.5, 0.6) is 23.1 Å². The highest BCUT2D eigenvalue weighted by Crippen LogP contribution is 2.34. The summed E-state index contributed by atoms with van der Waals surface area (Å²) in [6.07, 6.45) is 1.54. The third-order valence-electron chi connectivity index (χ3n) is 3.82. The third kappa shape index (κ3) is 4.03. The minimum Gasteiger partial charge on any atom is -0.486 e. The molecule has 1 amide bonds. The van der Waals surface area contributed by atoms with Crippen molar-refractivity contribution in [1.82, 2.24) is 4.98 Å². The number of nitrogens with zero attached hydrogens (tertiary/aromatic N) is 1. The van der Waals surface area contributed by atoms with E-state index in [4.69, 9.17) is 14.2 Å². The van der Waals surface area contributed by atoms with Gasteiger partial charge in [-0.3, -0.25) is 4.79 Å². The van der Waals surface area contributed by atoms with Gasteiger partial charge in [-0.05, 0) is 36.4 Å². The minimum atomic E-state index is -0.292. The molecule has 1 aliphatic rings. The molecular weight excluding hydrogens is 412 g/mol. The van der Waals surface area contributed by atoms with Gasteiger partial charge in [0.25, 0.3) is 5.91 Å². The van der Waals surface area contributed by atoms with E-state index in [1.165, 1.54) is 6.20 Å². The van der Waals surface area contributed by atoms with E-state index in [-0.39, 0.29) is 5.91 Å². The summed E-state index contributed by atoms with van der Waals surface area (Å²) < 4.78 is 17.7. The van der Waals surface area contributed by atoms with E-state index in [0.717, 1.165) is 4.47 Å². The molecular formula is C20H15BrN2O4. The van der Waals surface area contributed by atoms with Gasteiger partial charge in [-0.1, -0.05) is 28.1 Å². The van der Waals surface area contributed by atoms with Crippen LogP contribution in [0.4, 0.5) is 5.69 Å². The molecule has 0 radical (unpaired) electrons. The first-order valence-corrected chi connectivity index (χ1v) is 9.08. The molecule has 0 saturated carbocycles. The molecule has 4 rings (SSSR count). The van der Waals surface area contributed by atoms with Crippen LogP contribution in [0.2, 0.25) is 0 Å². The molecule has 1 aromatic heterocycles. The molecule has 0 fully saturated rings. The van der Waals surface area contributed by atoms with Gasteiger partial charge in [-0.25, -0.2) is 4.98 Å². The van der Waals surface area contributed by atoms with Crippen molar-refractivity contribution in [2.75, 3.05) is 18.5 Å². The Morgan fingerprint density at radius 2 is 1.93 bits per heavy atom. The number of benzene rings is 2. The second-order valence-corrected chi connectivity index (χ2v) is 6.64. The number of nitrogens with one attached hydrogen (secondary N) is 1. The van der Waals surface area contributed by atoms with Crippen molar-refractivity contribution in [2.45, 2.75) is 0 Å². The highest BCUT2D eigenvalue weighted by molar-refractivity contribution is 9.10. The lowest BCUT2D eigenvalue weighted by Crippen LogP contribution is -2.20. The lowest BCUT2D eigenvalue weighted by Gasteiger charge is -2.20. The van der Waals surface area contributed by atoms with E-state index in [9.17, 15) is 4.79 Å². The summed E-state index contributed by atoms with van der Waals surface area (Å²) in [6, 6.07) is 16.1. The molecule has 0 spiro atoms. The fraction of sp³-hybridized carbons (Fsp3) is 0.100. The molecule has 1 N–H and O–H groups in total. The Kier molecular flexibility index (Phi) is 4.93. The van der Waals surface area contributed by atoms with E-state index in [1.807, 2.05) is 24.3 Å². The molecule has 7 heteroatoms. The van der Waals surface area contributed by atoms with E-state index < -0.39 is 0 Å². The van der Waals surface area contributed by atoms with Crippen molar-refractivity contribution in [3.8, 4) is 23.1 Å². The molecule has 27 heavy (non-hydrogen) atoms. The number of anilines is 1. The number of ether oxygens (including phenoxy) is 3. The van der Waals surface area contributed by atoms with Crippen LogP contribution in [0.1, 0.15) is 10.4 Å². The average molecular weight is 427 g/mol. The minimum absolute atomic E-state index is 0.292. The number of aromatic nitrogens is 1. The number of amides is 1. The highest BCUT2D eigenvalue weighted by atomic mass is 79.9. The maximum Gasteiger partial charge on any atom is 0.259 e. The zero-order chi connectivity index (χ0) is 18.6. The smallest absolute Gasteiger partial charge is 0.259 e. The van der Waals surface area contributed by atoms with Gasteiger partial charge >= 0.3 is 0 Å². The van der Waals surface area contributed by atoms with Crippen LogP contribution in [0.25, 0.3) is 0 Å². The third-order valence-corrected chi connectivity index (χ3v) is 4.32. The van der Waals surface area contributed by atoms with Crippen molar-refractivity contribution in [3.63, 3.8) is 0 Å². The monoisotopic (exact) mass is 426 g/mol. The van der Waals surface area contributed by atoms with Crippen molar-refractivity contribution >= 4 is 27.5 Å². The number of carbonyl (C=O) groups excluding carboxylic acids is 1.